The molecule has 4 rings (SSSR count). The second-order valence-corrected chi connectivity index (χ2v) is 10.6. The summed E-state index contributed by atoms with van der Waals surface area (Å²) >= 11 is 0. The average Bonchev–Trinajstić information content (AvgIpc) is 3.63. The summed E-state index contributed by atoms with van der Waals surface area (Å²) in [5.41, 5.74) is 1.03. The summed E-state index contributed by atoms with van der Waals surface area (Å²) in [6, 6.07) is 10.1. The summed E-state index contributed by atoms with van der Waals surface area (Å²) in [7, 11) is -3.91. The minimum Gasteiger partial charge on any atom is -0.335 e. The maximum absolute atomic E-state index is 13.3. The minimum atomic E-state index is -3.91. The zero-order valence-electron chi connectivity index (χ0n) is 18.3. The number of nitro benzene ring substituents is 1. The van der Waals surface area contributed by atoms with E-state index in [1.165, 1.54) is 28.6 Å². The van der Waals surface area contributed by atoms with E-state index in [0.29, 0.717) is 24.9 Å². The first kappa shape index (κ1) is 23.3. The van der Waals surface area contributed by atoms with Crippen LogP contribution in [0.1, 0.15) is 36.8 Å². The Hall–Kier alpha value is -2.85. The van der Waals surface area contributed by atoms with E-state index in [4.69, 9.17) is 0 Å². The number of hydrogen-bond acceptors (Lipinski definition) is 5. The first-order valence-electron chi connectivity index (χ1n) is 11.0. The zero-order chi connectivity index (χ0) is 23.8. The third kappa shape index (κ3) is 5.06. The highest BCUT2D eigenvalue weighted by atomic mass is 32.2. The first-order chi connectivity index (χ1) is 15.7. The molecule has 2 aromatic carbocycles. The molecule has 0 aromatic heterocycles. The molecule has 2 aromatic rings. The Morgan fingerprint density at radius 1 is 1.12 bits per heavy atom. The number of rotatable bonds is 7. The molecule has 1 aliphatic carbocycles. The number of aryl methyl sites for hydroxylation is 1. The van der Waals surface area contributed by atoms with E-state index in [-0.39, 0.29) is 47.4 Å². The number of piperidine rings is 1. The molecule has 0 N–H and O–H groups in total. The van der Waals surface area contributed by atoms with Crippen molar-refractivity contribution < 1.29 is 22.5 Å². The van der Waals surface area contributed by atoms with Crippen molar-refractivity contribution in [3.8, 4) is 0 Å². The van der Waals surface area contributed by atoms with E-state index in [1.807, 2.05) is 4.90 Å². The number of benzene rings is 2. The molecule has 0 radical (unpaired) electrons. The Kier molecular flexibility index (Phi) is 6.49. The van der Waals surface area contributed by atoms with Gasteiger partial charge in [-0.25, -0.2) is 12.8 Å². The van der Waals surface area contributed by atoms with Gasteiger partial charge in [-0.2, -0.15) is 4.31 Å². The van der Waals surface area contributed by atoms with Crippen LogP contribution in [0.4, 0.5) is 10.1 Å². The highest BCUT2D eigenvalue weighted by molar-refractivity contribution is 7.89. The van der Waals surface area contributed by atoms with Crippen molar-refractivity contribution in [1.82, 2.24) is 9.21 Å². The van der Waals surface area contributed by atoms with Gasteiger partial charge in [0.2, 0.25) is 15.9 Å². The van der Waals surface area contributed by atoms with Gasteiger partial charge in [0, 0.05) is 43.7 Å². The maximum atomic E-state index is 13.3. The van der Waals surface area contributed by atoms with Crippen LogP contribution in [0.5, 0.6) is 0 Å². The van der Waals surface area contributed by atoms with Crippen molar-refractivity contribution >= 4 is 21.6 Å². The lowest BCUT2D eigenvalue weighted by molar-refractivity contribution is -0.385. The van der Waals surface area contributed by atoms with Gasteiger partial charge in [-0.3, -0.25) is 14.9 Å². The molecule has 33 heavy (non-hydrogen) atoms. The first-order valence-corrected chi connectivity index (χ1v) is 12.4. The van der Waals surface area contributed by atoms with Crippen LogP contribution in [0.25, 0.3) is 0 Å². The fourth-order valence-electron chi connectivity index (χ4n) is 4.26. The number of amides is 1. The predicted octanol–water partition coefficient (Wildman–Crippen LogP) is 3.63. The number of hydrogen-bond donors (Lipinski definition) is 0. The van der Waals surface area contributed by atoms with E-state index in [9.17, 15) is 27.7 Å². The molecule has 2 fully saturated rings. The van der Waals surface area contributed by atoms with Crippen LogP contribution in [-0.4, -0.2) is 47.6 Å². The molecule has 2 aliphatic rings. The average molecular weight is 476 g/mol. The molecule has 0 spiro atoms. The standard InChI is InChI=1S/C23H26FN3O5S/c1-16-2-7-21(27(29)30)14-22(16)33(31,32)25-12-10-18(11-13-25)23(28)26(20-8-9-20)15-17-3-5-19(24)6-4-17/h2-7,14,18,20H,8-13,15H2,1H3. The van der Waals surface area contributed by atoms with Crippen molar-refractivity contribution in [3.63, 3.8) is 0 Å². The van der Waals surface area contributed by atoms with Crippen LogP contribution in [-0.2, 0) is 21.4 Å². The van der Waals surface area contributed by atoms with Crippen molar-refractivity contribution in [1.29, 1.82) is 0 Å². The quantitative estimate of drug-likeness (QED) is 0.450. The summed E-state index contributed by atoms with van der Waals surface area (Å²) < 4.78 is 40.8. The SMILES string of the molecule is Cc1ccc([N+](=O)[O-])cc1S(=O)(=O)N1CCC(C(=O)N(Cc2ccc(F)cc2)C2CC2)CC1. The molecule has 176 valence electrons. The zero-order valence-corrected chi connectivity index (χ0v) is 19.1. The maximum Gasteiger partial charge on any atom is 0.270 e. The lowest BCUT2D eigenvalue weighted by Crippen LogP contribution is -2.45. The molecule has 1 aliphatic heterocycles. The van der Waals surface area contributed by atoms with Crippen LogP contribution in [0.15, 0.2) is 47.4 Å². The molecule has 1 saturated heterocycles. The number of sulfonamides is 1. The monoisotopic (exact) mass is 475 g/mol. The number of halogens is 1. The van der Waals surface area contributed by atoms with Gasteiger partial charge < -0.3 is 4.90 Å². The summed E-state index contributed by atoms with van der Waals surface area (Å²) in [5, 5.41) is 11.1. The number of non-ortho nitro benzene ring substituents is 1. The van der Waals surface area contributed by atoms with Crippen LogP contribution in [0.3, 0.4) is 0 Å². The topological polar surface area (TPSA) is 101 Å². The fourth-order valence-corrected chi connectivity index (χ4v) is 5.97. The predicted molar refractivity (Wildman–Crippen MR) is 119 cm³/mol. The fraction of sp³-hybridized carbons (Fsp3) is 0.435. The lowest BCUT2D eigenvalue weighted by Gasteiger charge is -2.34. The second-order valence-electron chi connectivity index (χ2n) is 8.71. The highest BCUT2D eigenvalue weighted by Gasteiger charge is 2.39. The van der Waals surface area contributed by atoms with Gasteiger partial charge >= 0.3 is 0 Å². The van der Waals surface area contributed by atoms with E-state index >= 15 is 0 Å². The van der Waals surface area contributed by atoms with E-state index in [2.05, 4.69) is 0 Å². The van der Waals surface area contributed by atoms with Crippen LogP contribution < -0.4 is 0 Å². The van der Waals surface area contributed by atoms with Gasteiger partial charge in [0.05, 0.1) is 9.82 Å². The smallest absolute Gasteiger partial charge is 0.270 e. The van der Waals surface area contributed by atoms with Crippen molar-refractivity contribution in [3.05, 3.63) is 69.5 Å². The Labute approximate surface area is 192 Å². The van der Waals surface area contributed by atoms with Crippen molar-refractivity contribution in [2.24, 2.45) is 5.92 Å². The lowest BCUT2D eigenvalue weighted by atomic mass is 9.96. The van der Waals surface area contributed by atoms with Gasteiger partial charge in [-0.1, -0.05) is 18.2 Å². The molecule has 0 atom stereocenters. The third-order valence-corrected chi connectivity index (χ3v) is 8.38. The van der Waals surface area contributed by atoms with Gasteiger partial charge in [0.15, 0.2) is 0 Å². The largest absolute Gasteiger partial charge is 0.335 e. The van der Waals surface area contributed by atoms with Crippen LogP contribution in [0.2, 0.25) is 0 Å². The van der Waals surface area contributed by atoms with Gasteiger partial charge in [-0.05, 0) is 55.9 Å². The summed E-state index contributed by atoms with van der Waals surface area (Å²) in [6.45, 7) is 2.37. The molecule has 1 saturated carbocycles. The molecule has 0 unspecified atom stereocenters. The molecule has 0 bridgehead atoms. The third-order valence-electron chi connectivity index (χ3n) is 6.34. The normalized spacial score (nSPS) is 17.6. The van der Waals surface area contributed by atoms with Gasteiger partial charge in [0.25, 0.3) is 5.69 Å². The van der Waals surface area contributed by atoms with Crippen LogP contribution >= 0.6 is 0 Å². The van der Waals surface area contributed by atoms with E-state index in [1.54, 1.807) is 19.1 Å². The van der Waals surface area contributed by atoms with Crippen molar-refractivity contribution in [2.75, 3.05) is 13.1 Å². The molecular weight excluding hydrogens is 449 g/mol. The van der Waals surface area contributed by atoms with E-state index in [0.717, 1.165) is 24.5 Å². The number of nitro groups is 1. The molecule has 1 amide bonds. The van der Waals surface area contributed by atoms with E-state index < -0.39 is 14.9 Å². The summed E-state index contributed by atoms with van der Waals surface area (Å²) in [6.07, 6.45) is 2.65. The number of carbonyl (C=O) groups is 1. The van der Waals surface area contributed by atoms with Gasteiger partial charge in [-0.15, -0.1) is 0 Å². The summed E-state index contributed by atoms with van der Waals surface area (Å²) in [4.78, 5) is 25.5. The Bertz CT molecular complexity index is 1160. The summed E-state index contributed by atoms with van der Waals surface area (Å²) in [5.74, 6) is -0.607. The van der Waals surface area contributed by atoms with Gasteiger partial charge in [0.1, 0.15) is 5.82 Å². The number of carbonyl (C=O) groups excluding carboxylic acids is 1. The highest BCUT2D eigenvalue weighted by Crippen LogP contribution is 2.33. The second kappa shape index (κ2) is 9.18. The molecule has 8 nitrogen and oxygen atoms in total. The van der Waals surface area contributed by atoms with Crippen LogP contribution in [0, 0.1) is 28.8 Å². The molecule has 1 heterocycles. The Morgan fingerprint density at radius 2 is 1.76 bits per heavy atom. The molecule has 10 heteroatoms. The number of nitrogens with zero attached hydrogens (tertiary/aromatic N) is 3. The minimum absolute atomic E-state index is 0.00500. The Morgan fingerprint density at radius 3 is 2.33 bits per heavy atom. The Balaban J connectivity index is 1.44. The molecular formula is C23H26FN3O5S. The van der Waals surface area contributed by atoms with Crippen molar-refractivity contribution in [2.45, 2.75) is 50.1 Å².